The van der Waals surface area contributed by atoms with Gasteiger partial charge in [0, 0.05) is 0 Å². The topological polar surface area (TPSA) is 98.2 Å². The number of carbonyl (C=O) groups excluding carboxylic acids is 2. The van der Waals surface area contributed by atoms with Crippen molar-refractivity contribution in [3.05, 3.63) is 95.3 Å². The van der Waals surface area contributed by atoms with E-state index in [0.717, 1.165) is 16.7 Å². The summed E-state index contributed by atoms with van der Waals surface area (Å²) >= 11 is 1.28. The molecular formula is C33H32N2O6S. The van der Waals surface area contributed by atoms with E-state index in [2.05, 4.69) is 0 Å². The molecule has 0 saturated heterocycles. The number of aliphatic hydroxyl groups excluding tert-OH is 1. The van der Waals surface area contributed by atoms with Gasteiger partial charge in [-0.15, -0.1) is 0 Å². The Morgan fingerprint density at radius 1 is 0.976 bits per heavy atom. The first kappa shape index (κ1) is 28.9. The molecule has 0 saturated carbocycles. The molecule has 0 spiro atoms. The van der Waals surface area contributed by atoms with Crippen LogP contribution in [0.2, 0.25) is 0 Å². The highest BCUT2D eigenvalue weighted by Gasteiger charge is 2.45. The third-order valence-corrected chi connectivity index (χ3v) is 7.63. The summed E-state index contributed by atoms with van der Waals surface area (Å²) in [5.41, 5.74) is 2.03. The maximum atomic E-state index is 13.7. The number of rotatable bonds is 12. The van der Waals surface area contributed by atoms with Gasteiger partial charge in [0.15, 0.2) is 28.2 Å². The lowest BCUT2D eigenvalue weighted by molar-refractivity contribution is -0.117. The normalized spacial score (nSPS) is 15.2. The molecule has 3 aromatic carbocycles. The van der Waals surface area contributed by atoms with Crippen LogP contribution in [0.1, 0.15) is 44.4 Å². The number of nitrogens with zero attached hydrogens (tertiary/aromatic N) is 2. The predicted octanol–water partition coefficient (Wildman–Crippen LogP) is 7.07. The van der Waals surface area contributed by atoms with E-state index in [1.807, 2.05) is 69.3 Å². The smallest absolute Gasteiger partial charge is 0.296 e. The fourth-order valence-electron chi connectivity index (χ4n) is 4.74. The van der Waals surface area contributed by atoms with Gasteiger partial charge >= 0.3 is 0 Å². The van der Waals surface area contributed by atoms with Crippen LogP contribution in [-0.2, 0) is 9.59 Å². The Balaban J connectivity index is 1.61. The number of benzene rings is 3. The maximum Gasteiger partial charge on any atom is 0.296 e. The molecule has 216 valence electrons. The molecule has 0 fully saturated rings. The van der Waals surface area contributed by atoms with Gasteiger partial charge in [-0.05, 0) is 67.8 Å². The van der Waals surface area contributed by atoms with Crippen LogP contribution in [0.5, 0.6) is 17.2 Å². The lowest BCUT2D eigenvalue weighted by atomic mass is 9.95. The van der Waals surface area contributed by atoms with E-state index in [1.54, 1.807) is 24.3 Å². The molecule has 2 heterocycles. The summed E-state index contributed by atoms with van der Waals surface area (Å²) in [6.07, 6.45) is 3.86. The molecule has 0 bridgehead atoms. The second kappa shape index (κ2) is 12.9. The fourth-order valence-corrected chi connectivity index (χ4v) is 5.76. The van der Waals surface area contributed by atoms with Crippen molar-refractivity contribution in [2.24, 2.45) is 0 Å². The van der Waals surface area contributed by atoms with Gasteiger partial charge in [0.25, 0.3) is 5.91 Å². The molecule has 42 heavy (non-hydrogen) atoms. The number of allylic oxidation sites excluding steroid dienone is 1. The Labute approximate surface area is 248 Å². The molecule has 0 radical (unpaired) electrons. The molecule has 1 aliphatic heterocycles. The van der Waals surface area contributed by atoms with Gasteiger partial charge in [0.2, 0.25) is 0 Å². The Morgan fingerprint density at radius 3 is 2.50 bits per heavy atom. The van der Waals surface area contributed by atoms with E-state index < -0.39 is 23.5 Å². The van der Waals surface area contributed by atoms with Gasteiger partial charge in [-0.3, -0.25) is 14.5 Å². The third-order valence-electron chi connectivity index (χ3n) is 6.61. The zero-order chi connectivity index (χ0) is 29.6. The summed E-state index contributed by atoms with van der Waals surface area (Å²) in [4.78, 5) is 33.4. The van der Waals surface area contributed by atoms with E-state index >= 15 is 0 Å². The quantitative estimate of drug-likeness (QED) is 0.178. The number of anilines is 1. The van der Waals surface area contributed by atoms with Crippen molar-refractivity contribution in [2.45, 2.75) is 33.2 Å². The van der Waals surface area contributed by atoms with E-state index in [-0.39, 0.29) is 5.57 Å². The molecular weight excluding hydrogens is 552 g/mol. The highest BCUT2D eigenvalue weighted by atomic mass is 32.1. The average Bonchev–Trinajstić information content (AvgIpc) is 3.53. The lowest BCUT2D eigenvalue weighted by Gasteiger charge is -2.25. The zero-order valence-electron chi connectivity index (χ0n) is 23.7. The van der Waals surface area contributed by atoms with Crippen LogP contribution in [0.4, 0.5) is 5.13 Å². The van der Waals surface area contributed by atoms with Crippen LogP contribution in [-0.4, -0.2) is 41.6 Å². The summed E-state index contributed by atoms with van der Waals surface area (Å²) in [6, 6.07) is 19.2. The number of ketones is 1. The minimum Gasteiger partial charge on any atom is -0.503 e. The Bertz CT molecular complexity index is 1660. The van der Waals surface area contributed by atoms with Crippen molar-refractivity contribution < 1.29 is 28.9 Å². The maximum absolute atomic E-state index is 13.7. The summed E-state index contributed by atoms with van der Waals surface area (Å²) in [6.45, 7) is 7.21. The number of carbonyl (C=O) groups is 2. The van der Waals surface area contributed by atoms with Crippen molar-refractivity contribution in [3.8, 4) is 17.2 Å². The first-order chi connectivity index (χ1) is 20.4. The van der Waals surface area contributed by atoms with Crippen LogP contribution in [0.3, 0.4) is 0 Å². The molecule has 1 aromatic heterocycles. The number of aliphatic hydroxyl groups is 1. The van der Waals surface area contributed by atoms with Crippen molar-refractivity contribution in [1.29, 1.82) is 0 Å². The highest BCUT2D eigenvalue weighted by Crippen LogP contribution is 2.45. The number of fused-ring (bicyclic) bond motifs is 1. The van der Waals surface area contributed by atoms with Crippen molar-refractivity contribution >= 4 is 44.5 Å². The number of thiazole rings is 1. The van der Waals surface area contributed by atoms with E-state index in [1.165, 1.54) is 22.3 Å². The Kier molecular flexibility index (Phi) is 8.88. The predicted molar refractivity (Wildman–Crippen MR) is 165 cm³/mol. The summed E-state index contributed by atoms with van der Waals surface area (Å²) < 4.78 is 18.2. The SMILES string of the molecule is CCCOc1ccc(C2C(C(=O)/C=C/c3ccccc3)=C(O)C(=O)N2c2nc3ccc(OCC)cc3s2)cc1OCC. The first-order valence-electron chi connectivity index (χ1n) is 13.9. The number of aromatic nitrogens is 1. The fraction of sp³-hybridized carbons (Fsp3) is 0.242. The van der Waals surface area contributed by atoms with Crippen molar-refractivity contribution in [3.63, 3.8) is 0 Å². The minimum atomic E-state index is -0.947. The van der Waals surface area contributed by atoms with E-state index in [4.69, 9.17) is 19.2 Å². The van der Waals surface area contributed by atoms with Crippen LogP contribution < -0.4 is 19.1 Å². The van der Waals surface area contributed by atoms with Crippen molar-refractivity contribution in [1.82, 2.24) is 4.98 Å². The molecule has 9 heteroatoms. The van der Waals surface area contributed by atoms with Gasteiger partial charge in [0.1, 0.15) is 5.75 Å². The van der Waals surface area contributed by atoms with Crippen LogP contribution in [0, 0.1) is 0 Å². The number of hydrogen-bond acceptors (Lipinski definition) is 8. The molecule has 1 unspecified atom stereocenters. The second-order valence-electron chi connectivity index (χ2n) is 9.49. The van der Waals surface area contributed by atoms with Gasteiger partial charge in [-0.25, -0.2) is 4.98 Å². The van der Waals surface area contributed by atoms with Crippen LogP contribution in [0.15, 0.2) is 84.1 Å². The molecule has 0 aliphatic carbocycles. The lowest BCUT2D eigenvalue weighted by Crippen LogP contribution is -2.30. The molecule has 1 amide bonds. The van der Waals surface area contributed by atoms with E-state index in [9.17, 15) is 14.7 Å². The molecule has 5 rings (SSSR count). The third kappa shape index (κ3) is 5.87. The van der Waals surface area contributed by atoms with Gasteiger partial charge in [0.05, 0.1) is 41.7 Å². The molecule has 1 atom stereocenters. The monoisotopic (exact) mass is 584 g/mol. The standard InChI is InChI=1S/C33H32N2O6S/c1-4-18-41-26-17-13-22(19-27(26)40-6-3)30-29(25(36)16-12-21-10-8-7-9-11-21)31(37)32(38)35(30)33-34-24-15-14-23(39-5-2)20-28(24)42-33/h7-17,19-20,30,37H,4-6,18H2,1-3H3/b16-12+. The molecule has 8 nitrogen and oxygen atoms in total. The summed E-state index contributed by atoms with van der Waals surface area (Å²) in [7, 11) is 0. The van der Waals surface area contributed by atoms with Crippen molar-refractivity contribution in [2.75, 3.05) is 24.7 Å². The van der Waals surface area contributed by atoms with Gasteiger partial charge in [-0.2, -0.15) is 0 Å². The molecule has 1 N–H and O–H groups in total. The second-order valence-corrected chi connectivity index (χ2v) is 10.5. The number of amides is 1. The Morgan fingerprint density at radius 2 is 1.76 bits per heavy atom. The van der Waals surface area contributed by atoms with E-state index in [0.29, 0.717) is 53.3 Å². The Hall–Kier alpha value is -4.63. The number of ether oxygens (including phenoxy) is 3. The average molecular weight is 585 g/mol. The summed E-state index contributed by atoms with van der Waals surface area (Å²) in [5.74, 6) is -0.0602. The van der Waals surface area contributed by atoms with Crippen LogP contribution >= 0.6 is 11.3 Å². The first-order valence-corrected chi connectivity index (χ1v) is 14.7. The van der Waals surface area contributed by atoms with Crippen LogP contribution in [0.25, 0.3) is 16.3 Å². The molecule has 4 aromatic rings. The number of hydrogen-bond donors (Lipinski definition) is 1. The highest BCUT2D eigenvalue weighted by molar-refractivity contribution is 7.22. The molecule has 1 aliphatic rings. The minimum absolute atomic E-state index is 0.0360. The van der Waals surface area contributed by atoms with Gasteiger partial charge in [-0.1, -0.05) is 60.7 Å². The largest absolute Gasteiger partial charge is 0.503 e. The zero-order valence-corrected chi connectivity index (χ0v) is 24.5. The van der Waals surface area contributed by atoms with Gasteiger partial charge < -0.3 is 19.3 Å². The summed E-state index contributed by atoms with van der Waals surface area (Å²) in [5, 5.41) is 11.5.